The predicted molar refractivity (Wildman–Crippen MR) is 68.9 cm³/mol. The van der Waals surface area contributed by atoms with Crippen LogP contribution in [0.1, 0.15) is 45.1 Å². The van der Waals surface area contributed by atoms with Gasteiger partial charge in [0.2, 0.25) is 0 Å². The Morgan fingerprint density at radius 1 is 1.29 bits per heavy atom. The Morgan fingerprint density at radius 2 is 2.06 bits per heavy atom. The highest BCUT2D eigenvalue weighted by Gasteiger charge is 2.34. The van der Waals surface area contributed by atoms with Gasteiger partial charge in [0.1, 0.15) is 0 Å². The van der Waals surface area contributed by atoms with E-state index in [0.29, 0.717) is 11.5 Å². The van der Waals surface area contributed by atoms with Gasteiger partial charge in [0.15, 0.2) is 0 Å². The molecule has 1 aliphatic carbocycles. The molecule has 0 amide bonds. The monoisotopic (exact) mass is 233 g/mol. The molecule has 94 valence electrons. The van der Waals surface area contributed by atoms with Crippen LogP contribution < -0.4 is 0 Å². The maximum absolute atomic E-state index is 4.37. The summed E-state index contributed by atoms with van der Waals surface area (Å²) >= 11 is 0. The summed E-state index contributed by atoms with van der Waals surface area (Å²) in [5.41, 5.74) is 0.637. The van der Waals surface area contributed by atoms with Gasteiger partial charge in [0.05, 0.1) is 6.04 Å². The zero-order valence-electron chi connectivity index (χ0n) is 10.8. The van der Waals surface area contributed by atoms with Crippen molar-refractivity contribution in [1.29, 1.82) is 0 Å². The van der Waals surface area contributed by atoms with Crippen LogP contribution in [0.25, 0.3) is 0 Å². The van der Waals surface area contributed by atoms with Crippen molar-refractivity contribution in [2.45, 2.75) is 45.1 Å². The zero-order valence-corrected chi connectivity index (χ0v) is 10.8. The normalized spacial score (nSPS) is 25.7. The van der Waals surface area contributed by atoms with Crippen molar-refractivity contribution in [1.82, 2.24) is 14.7 Å². The average molecular weight is 233 g/mol. The fourth-order valence-corrected chi connectivity index (χ4v) is 3.32. The van der Waals surface area contributed by atoms with Crippen LogP contribution in [0.2, 0.25) is 0 Å². The second-order valence-corrected chi connectivity index (χ2v) is 6.16. The van der Waals surface area contributed by atoms with Gasteiger partial charge in [-0.2, -0.15) is 5.10 Å². The van der Waals surface area contributed by atoms with Gasteiger partial charge in [-0.3, -0.25) is 4.68 Å². The third-order valence-corrected chi connectivity index (χ3v) is 4.62. The quantitative estimate of drug-likeness (QED) is 0.800. The van der Waals surface area contributed by atoms with Crippen LogP contribution in [-0.4, -0.2) is 34.3 Å². The largest absolute Gasteiger partial charge is 0.303 e. The number of hydrogen-bond donors (Lipinski definition) is 0. The second kappa shape index (κ2) is 4.45. The summed E-state index contributed by atoms with van der Waals surface area (Å²) in [4.78, 5) is 2.67. The molecule has 0 unspecified atom stereocenters. The highest BCUT2D eigenvalue weighted by molar-refractivity contribution is 4.89. The van der Waals surface area contributed by atoms with Crippen molar-refractivity contribution < 1.29 is 0 Å². The maximum Gasteiger partial charge on any atom is 0.0543 e. The lowest BCUT2D eigenvalue weighted by Crippen LogP contribution is -2.44. The summed E-state index contributed by atoms with van der Waals surface area (Å²) in [5, 5.41) is 4.37. The molecule has 17 heavy (non-hydrogen) atoms. The number of piperidine rings is 1. The van der Waals surface area contributed by atoms with Gasteiger partial charge in [0.25, 0.3) is 0 Å². The molecule has 2 heterocycles. The van der Waals surface area contributed by atoms with Gasteiger partial charge >= 0.3 is 0 Å². The maximum atomic E-state index is 4.37. The van der Waals surface area contributed by atoms with E-state index >= 15 is 0 Å². The van der Waals surface area contributed by atoms with Crippen LogP contribution in [0.5, 0.6) is 0 Å². The van der Waals surface area contributed by atoms with E-state index in [1.807, 2.05) is 12.3 Å². The van der Waals surface area contributed by atoms with E-state index < -0.39 is 0 Å². The molecule has 2 aliphatic rings. The Morgan fingerprint density at radius 3 is 2.59 bits per heavy atom. The van der Waals surface area contributed by atoms with Crippen LogP contribution in [0.3, 0.4) is 0 Å². The molecule has 1 aliphatic heterocycles. The Balaban J connectivity index is 1.50. The first-order chi connectivity index (χ1) is 8.25. The molecule has 3 nitrogen and oxygen atoms in total. The predicted octanol–water partition coefficient (Wildman–Crippen LogP) is 2.71. The van der Waals surface area contributed by atoms with Gasteiger partial charge in [-0.05, 0) is 37.2 Å². The van der Waals surface area contributed by atoms with E-state index in [1.54, 1.807) is 0 Å². The average Bonchev–Trinajstić information content (AvgIpc) is 2.81. The Bertz CT molecular complexity index is 346. The Labute approximate surface area is 104 Å². The molecular weight excluding hydrogens is 210 g/mol. The summed E-state index contributed by atoms with van der Waals surface area (Å²) in [6, 6.07) is 2.66. The molecule has 3 rings (SSSR count). The number of nitrogens with zero attached hydrogens (tertiary/aromatic N) is 3. The fourth-order valence-electron chi connectivity index (χ4n) is 3.32. The van der Waals surface area contributed by atoms with Crippen molar-refractivity contribution in [2.24, 2.45) is 5.41 Å². The molecule has 0 atom stereocenters. The minimum absolute atomic E-state index is 0.635. The van der Waals surface area contributed by atoms with Crippen molar-refractivity contribution >= 4 is 0 Å². The SMILES string of the molecule is CC1(CN2CCC(n3cccn3)CC2)CCC1. The molecule has 0 spiro atoms. The van der Waals surface area contributed by atoms with Crippen LogP contribution in [0, 0.1) is 5.41 Å². The highest BCUT2D eigenvalue weighted by atomic mass is 15.3. The van der Waals surface area contributed by atoms with Crippen molar-refractivity contribution in [2.75, 3.05) is 19.6 Å². The minimum Gasteiger partial charge on any atom is -0.303 e. The molecule has 1 saturated heterocycles. The van der Waals surface area contributed by atoms with E-state index in [9.17, 15) is 0 Å². The standard InChI is InChI=1S/C14H23N3/c1-14(6-2-7-14)12-16-10-4-13(5-11-16)17-9-3-8-15-17/h3,8-9,13H,2,4-7,10-12H2,1H3. The third-order valence-electron chi connectivity index (χ3n) is 4.62. The highest BCUT2D eigenvalue weighted by Crippen LogP contribution is 2.41. The van der Waals surface area contributed by atoms with E-state index in [1.165, 1.54) is 51.7 Å². The van der Waals surface area contributed by atoms with Crippen LogP contribution in [0.15, 0.2) is 18.5 Å². The van der Waals surface area contributed by atoms with Crippen LogP contribution in [-0.2, 0) is 0 Å². The molecule has 3 heteroatoms. The number of rotatable bonds is 3. The summed E-state index contributed by atoms with van der Waals surface area (Å²) < 4.78 is 2.14. The summed E-state index contributed by atoms with van der Waals surface area (Å²) in [6.45, 7) is 6.27. The lowest BCUT2D eigenvalue weighted by Gasteiger charge is -2.44. The number of hydrogen-bond acceptors (Lipinski definition) is 2. The Hall–Kier alpha value is -0.830. The molecule has 1 saturated carbocycles. The smallest absolute Gasteiger partial charge is 0.0543 e. The van der Waals surface area contributed by atoms with Gasteiger partial charge in [-0.15, -0.1) is 0 Å². The Kier molecular flexibility index (Phi) is 2.95. The second-order valence-electron chi connectivity index (χ2n) is 6.16. The number of likely N-dealkylation sites (tertiary alicyclic amines) is 1. The molecular formula is C14H23N3. The molecule has 1 aromatic rings. The fraction of sp³-hybridized carbons (Fsp3) is 0.786. The first-order valence-corrected chi connectivity index (χ1v) is 6.97. The molecule has 0 bridgehead atoms. The minimum atomic E-state index is 0.635. The van der Waals surface area contributed by atoms with Crippen molar-refractivity contribution in [3.05, 3.63) is 18.5 Å². The van der Waals surface area contributed by atoms with Gasteiger partial charge in [-0.1, -0.05) is 13.3 Å². The third kappa shape index (κ3) is 2.39. The van der Waals surface area contributed by atoms with Gasteiger partial charge < -0.3 is 4.90 Å². The summed E-state index contributed by atoms with van der Waals surface area (Å²) in [7, 11) is 0. The van der Waals surface area contributed by atoms with E-state index in [2.05, 4.69) is 27.8 Å². The van der Waals surface area contributed by atoms with Crippen molar-refractivity contribution in [3.8, 4) is 0 Å². The molecule has 0 radical (unpaired) electrons. The van der Waals surface area contributed by atoms with E-state index in [0.717, 1.165) is 0 Å². The summed E-state index contributed by atoms with van der Waals surface area (Å²) in [5.74, 6) is 0. The lowest BCUT2D eigenvalue weighted by atomic mass is 9.70. The van der Waals surface area contributed by atoms with E-state index in [4.69, 9.17) is 0 Å². The van der Waals surface area contributed by atoms with E-state index in [-0.39, 0.29) is 0 Å². The first-order valence-electron chi connectivity index (χ1n) is 6.97. The molecule has 0 N–H and O–H groups in total. The number of aromatic nitrogens is 2. The first kappa shape index (κ1) is 11.3. The molecule has 0 aromatic carbocycles. The van der Waals surface area contributed by atoms with Gasteiger partial charge in [-0.25, -0.2) is 0 Å². The van der Waals surface area contributed by atoms with Crippen molar-refractivity contribution in [3.63, 3.8) is 0 Å². The lowest BCUT2D eigenvalue weighted by molar-refractivity contribution is 0.0637. The molecule has 2 fully saturated rings. The van der Waals surface area contributed by atoms with Gasteiger partial charge in [0, 0.05) is 32.0 Å². The van der Waals surface area contributed by atoms with Crippen LogP contribution in [0.4, 0.5) is 0 Å². The zero-order chi connectivity index (χ0) is 11.7. The summed E-state index contributed by atoms with van der Waals surface area (Å²) in [6.07, 6.45) is 10.8. The topological polar surface area (TPSA) is 21.1 Å². The van der Waals surface area contributed by atoms with Crippen LogP contribution >= 0.6 is 0 Å². The molecule has 1 aromatic heterocycles.